The maximum Gasteiger partial charge on any atom is 0.306 e. The van der Waals surface area contributed by atoms with E-state index in [1.54, 1.807) is 13.0 Å². The normalized spacial score (nSPS) is 16.6. The van der Waals surface area contributed by atoms with Crippen LogP contribution in [0.2, 0.25) is 0 Å². The van der Waals surface area contributed by atoms with Crippen LogP contribution in [0.1, 0.15) is 43.4 Å². The molecule has 0 aromatic heterocycles. The average Bonchev–Trinajstić information content (AvgIpc) is 2.79. The number of aryl methyl sites for hydroxylation is 1. The summed E-state index contributed by atoms with van der Waals surface area (Å²) < 4.78 is 17.9. The van der Waals surface area contributed by atoms with Gasteiger partial charge in [0.2, 0.25) is 5.91 Å². The van der Waals surface area contributed by atoms with E-state index in [9.17, 15) is 14.0 Å². The molecule has 2 rings (SSSR count). The van der Waals surface area contributed by atoms with Gasteiger partial charge >= 0.3 is 5.97 Å². The fraction of sp³-hybridized carbons (Fsp3) is 0.467. The highest BCUT2D eigenvalue weighted by atomic mass is 19.1. The SMILES string of the molecule is CCOC(=O)CCC(=O)N[C@H]1CCc2cc(F)ccc21. The molecule has 1 N–H and O–H groups in total. The number of carbonyl (C=O) groups is 2. The first-order valence-corrected chi connectivity index (χ1v) is 6.83. The van der Waals surface area contributed by atoms with Crippen LogP contribution in [0.3, 0.4) is 0 Å². The van der Waals surface area contributed by atoms with Gasteiger partial charge in [0.05, 0.1) is 19.1 Å². The highest BCUT2D eigenvalue weighted by molar-refractivity contribution is 5.81. The van der Waals surface area contributed by atoms with Crippen molar-refractivity contribution < 1.29 is 18.7 Å². The summed E-state index contributed by atoms with van der Waals surface area (Å²) in [7, 11) is 0. The third kappa shape index (κ3) is 3.56. The van der Waals surface area contributed by atoms with Crippen LogP contribution in [0.15, 0.2) is 18.2 Å². The minimum atomic E-state index is -0.364. The van der Waals surface area contributed by atoms with Crippen LogP contribution in [-0.4, -0.2) is 18.5 Å². The van der Waals surface area contributed by atoms with Gasteiger partial charge in [-0.05, 0) is 43.0 Å². The third-order valence-corrected chi connectivity index (χ3v) is 3.38. The van der Waals surface area contributed by atoms with Gasteiger partial charge in [-0.1, -0.05) is 6.07 Å². The Kier molecular flexibility index (Phi) is 4.71. The van der Waals surface area contributed by atoms with E-state index >= 15 is 0 Å². The van der Waals surface area contributed by atoms with E-state index in [0.717, 1.165) is 24.0 Å². The second kappa shape index (κ2) is 6.50. The molecule has 4 nitrogen and oxygen atoms in total. The van der Waals surface area contributed by atoms with Crippen molar-refractivity contribution in [1.82, 2.24) is 5.32 Å². The Bertz CT molecular complexity index is 516. The maximum atomic E-state index is 13.1. The number of carbonyl (C=O) groups excluding carboxylic acids is 2. The maximum absolute atomic E-state index is 13.1. The fourth-order valence-corrected chi connectivity index (χ4v) is 2.45. The van der Waals surface area contributed by atoms with Gasteiger partial charge in [0.25, 0.3) is 0 Å². The van der Waals surface area contributed by atoms with E-state index in [0.29, 0.717) is 6.61 Å². The van der Waals surface area contributed by atoms with E-state index in [4.69, 9.17) is 4.74 Å². The lowest BCUT2D eigenvalue weighted by Crippen LogP contribution is -2.27. The highest BCUT2D eigenvalue weighted by Crippen LogP contribution is 2.31. The second-order valence-corrected chi connectivity index (χ2v) is 4.81. The largest absolute Gasteiger partial charge is 0.466 e. The molecule has 1 atom stereocenters. The predicted octanol–water partition coefficient (Wildman–Crippen LogP) is 2.27. The molecule has 1 amide bonds. The molecule has 0 bridgehead atoms. The molecule has 0 fully saturated rings. The summed E-state index contributed by atoms with van der Waals surface area (Å²) in [6.07, 6.45) is 1.73. The third-order valence-electron chi connectivity index (χ3n) is 3.38. The van der Waals surface area contributed by atoms with Gasteiger partial charge in [0, 0.05) is 6.42 Å². The first-order chi connectivity index (χ1) is 9.60. The lowest BCUT2D eigenvalue weighted by molar-refractivity contribution is -0.144. The Hall–Kier alpha value is -1.91. The van der Waals surface area contributed by atoms with Crippen molar-refractivity contribution in [3.63, 3.8) is 0 Å². The molecular formula is C15H18FNO3. The Balaban J connectivity index is 1.86. The Morgan fingerprint density at radius 3 is 2.95 bits per heavy atom. The minimum absolute atomic E-state index is 0.0831. The molecule has 0 unspecified atom stereocenters. The number of esters is 1. The highest BCUT2D eigenvalue weighted by Gasteiger charge is 2.24. The molecule has 1 aliphatic carbocycles. The molecule has 0 saturated heterocycles. The van der Waals surface area contributed by atoms with E-state index in [-0.39, 0.29) is 36.6 Å². The molecular weight excluding hydrogens is 261 g/mol. The van der Waals surface area contributed by atoms with Gasteiger partial charge in [-0.25, -0.2) is 4.39 Å². The number of rotatable bonds is 5. The van der Waals surface area contributed by atoms with Gasteiger partial charge in [-0.3, -0.25) is 9.59 Å². The topological polar surface area (TPSA) is 55.4 Å². The number of ether oxygens (including phenoxy) is 1. The van der Waals surface area contributed by atoms with Crippen LogP contribution < -0.4 is 5.32 Å². The summed E-state index contributed by atoms with van der Waals surface area (Å²) in [5.74, 6) is -0.796. The van der Waals surface area contributed by atoms with Crippen LogP contribution in [0, 0.1) is 5.82 Å². The molecule has 108 valence electrons. The van der Waals surface area contributed by atoms with E-state index in [1.165, 1.54) is 12.1 Å². The van der Waals surface area contributed by atoms with Crippen molar-refractivity contribution in [3.8, 4) is 0 Å². The molecule has 0 heterocycles. The van der Waals surface area contributed by atoms with Crippen molar-refractivity contribution in [2.45, 2.75) is 38.6 Å². The van der Waals surface area contributed by atoms with Crippen LogP contribution in [0.4, 0.5) is 4.39 Å². The van der Waals surface area contributed by atoms with Crippen molar-refractivity contribution in [3.05, 3.63) is 35.1 Å². The lowest BCUT2D eigenvalue weighted by atomic mass is 10.1. The summed E-state index contributed by atoms with van der Waals surface area (Å²) in [5, 5.41) is 2.88. The first kappa shape index (κ1) is 14.5. The van der Waals surface area contributed by atoms with Crippen LogP contribution >= 0.6 is 0 Å². The van der Waals surface area contributed by atoms with Crippen molar-refractivity contribution in [2.24, 2.45) is 0 Å². The van der Waals surface area contributed by atoms with Gasteiger partial charge in [0.1, 0.15) is 5.82 Å². The zero-order chi connectivity index (χ0) is 14.5. The number of halogens is 1. The number of fused-ring (bicyclic) bond motifs is 1. The van der Waals surface area contributed by atoms with Crippen molar-refractivity contribution in [1.29, 1.82) is 0 Å². The molecule has 1 aromatic carbocycles. The molecule has 0 saturated carbocycles. The number of hydrogen-bond acceptors (Lipinski definition) is 3. The van der Waals surface area contributed by atoms with Crippen LogP contribution in [0.5, 0.6) is 0 Å². The zero-order valence-corrected chi connectivity index (χ0v) is 11.4. The molecule has 1 aliphatic rings. The zero-order valence-electron chi connectivity index (χ0n) is 11.4. The van der Waals surface area contributed by atoms with Crippen LogP contribution in [0.25, 0.3) is 0 Å². The average molecular weight is 279 g/mol. The summed E-state index contributed by atoms with van der Waals surface area (Å²) in [5.41, 5.74) is 1.91. The van der Waals surface area contributed by atoms with E-state index in [1.807, 2.05) is 0 Å². The van der Waals surface area contributed by atoms with Gasteiger partial charge in [-0.15, -0.1) is 0 Å². The Morgan fingerprint density at radius 2 is 2.20 bits per heavy atom. The first-order valence-electron chi connectivity index (χ1n) is 6.83. The van der Waals surface area contributed by atoms with Gasteiger partial charge in [-0.2, -0.15) is 0 Å². The van der Waals surface area contributed by atoms with Gasteiger partial charge < -0.3 is 10.1 Å². The van der Waals surface area contributed by atoms with E-state index < -0.39 is 0 Å². The lowest BCUT2D eigenvalue weighted by Gasteiger charge is -2.14. The number of amides is 1. The molecule has 0 spiro atoms. The number of nitrogens with one attached hydrogen (secondary N) is 1. The Labute approximate surface area is 117 Å². The molecule has 5 heteroatoms. The van der Waals surface area contributed by atoms with Gasteiger partial charge in [0.15, 0.2) is 0 Å². The second-order valence-electron chi connectivity index (χ2n) is 4.81. The Morgan fingerprint density at radius 1 is 1.40 bits per heavy atom. The molecule has 0 radical (unpaired) electrons. The summed E-state index contributed by atoms with van der Waals surface area (Å²) >= 11 is 0. The smallest absolute Gasteiger partial charge is 0.306 e. The summed E-state index contributed by atoms with van der Waals surface area (Å²) in [6, 6.07) is 4.55. The summed E-state index contributed by atoms with van der Waals surface area (Å²) in [6.45, 7) is 2.05. The van der Waals surface area contributed by atoms with Crippen molar-refractivity contribution in [2.75, 3.05) is 6.61 Å². The van der Waals surface area contributed by atoms with Crippen LogP contribution in [-0.2, 0) is 20.7 Å². The predicted molar refractivity (Wildman–Crippen MR) is 71.5 cm³/mol. The molecule has 20 heavy (non-hydrogen) atoms. The molecule has 0 aliphatic heterocycles. The monoisotopic (exact) mass is 279 g/mol. The quantitative estimate of drug-likeness (QED) is 0.841. The fourth-order valence-electron chi connectivity index (χ4n) is 2.45. The standard InChI is InChI=1S/C15H18FNO3/c1-2-20-15(19)8-7-14(18)17-13-6-3-10-9-11(16)4-5-12(10)13/h4-5,9,13H,2-3,6-8H2,1H3,(H,17,18)/t13-/m0/s1. The number of hydrogen-bond donors (Lipinski definition) is 1. The number of benzene rings is 1. The van der Waals surface area contributed by atoms with Crippen molar-refractivity contribution >= 4 is 11.9 Å². The van der Waals surface area contributed by atoms with E-state index in [2.05, 4.69) is 5.32 Å². The minimum Gasteiger partial charge on any atom is -0.466 e. The molecule has 1 aromatic rings. The summed E-state index contributed by atoms with van der Waals surface area (Å²) in [4.78, 5) is 23.0.